The van der Waals surface area contributed by atoms with Crippen molar-refractivity contribution in [3.63, 3.8) is 0 Å². The molecule has 0 aliphatic heterocycles. The summed E-state index contributed by atoms with van der Waals surface area (Å²) in [5.74, 6) is -0.406. The fourth-order valence-electron chi connectivity index (χ4n) is 2.82. The number of carbonyl (C=O) groups is 2. The van der Waals surface area contributed by atoms with E-state index in [1.54, 1.807) is 30.5 Å². The minimum atomic E-state index is -0.232. The molecule has 0 saturated carbocycles. The molecule has 0 unspecified atom stereocenters. The predicted molar refractivity (Wildman–Crippen MR) is 109 cm³/mol. The highest BCUT2D eigenvalue weighted by Gasteiger charge is 2.10. The van der Waals surface area contributed by atoms with Gasteiger partial charge in [0.2, 0.25) is 0 Å². The first-order chi connectivity index (χ1) is 13.7. The Labute approximate surface area is 164 Å². The van der Waals surface area contributed by atoms with Crippen molar-refractivity contribution in [2.45, 2.75) is 19.4 Å². The molecule has 2 amide bonds. The third kappa shape index (κ3) is 5.77. The Morgan fingerprint density at radius 3 is 2.21 bits per heavy atom. The van der Waals surface area contributed by atoms with Crippen molar-refractivity contribution in [1.82, 2.24) is 15.6 Å². The normalized spacial score (nSPS) is 10.3. The summed E-state index contributed by atoms with van der Waals surface area (Å²) in [5.41, 5.74) is 2.96. The average molecular weight is 373 g/mol. The summed E-state index contributed by atoms with van der Waals surface area (Å²) >= 11 is 0. The van der Waals surface area contributed by atoms with Crippen molar-refractivity contribution < 1.29 is 9.59 Å². The standard InChI is InChI=1S/C23H23N3O2/c27-22(25-15-7-10-18-8-2-1-3-9-18)19-11-6-12-20(16-19)23(28)26-17-21-13-4-5-14-24-21/h1-6,8-9,11-14,16H,7,10,15,17H2,(H,25,27)(H,26,28). The van der Waals surface area contributed by atoms with Crippen LogP contribution in [-0.4, -0.2) is 23.3 Å². The molecule has 0 spiro atoms. The van der Waals surface area contributed by atoms with Gasteiger partial charge in [0, 0.05) is 23.9 Å². The van der Waals surface area contributed by atoms with Crippen LogP contribution in [0.1, 0.15) is 38.4 Å². The molecule has 0 atom stereocenters. The van der Waals surface area contributed by atoms with Gasteiger partial charge in [-0.3, -0.25) is 14.6 Å². The lowest BCUT2D eigenvalue weighted by molar-refractivity contribution is 0.0950. The minimum Gasteiger partial charge on any atom is -0.352 e. The quantitative estimate of drug-likeness (QED) is 0.595. The lowest BCUT2D eigenvalue weighted by atomic mass is 10.1. The molecule has 1 heterocycles. The monoisotopic (exact) mass is 373 g/mol. The van der Waals surface area contributed by atoms with Gasteiger partial charge in [-0.1, -0.05) is 42.5 Å². The van der Waals surface area contributed by atoms with E-state index < -0.39 is 0 Å². The number of pyridine rings is 1. The second-order valence-corrected chi connectivity index (χ2v) is 6.43. The maximum atomic E-state index is 12.4. The van der Waals surface area contributed by atoms with Crippen LogP contribution in [0.3, 0.4) is 0 Å². The van der Waals surface area contributed by atoms with Gasteiger partial charge in [-0.2, -0.15) is 0 Å². The number of benzene rings is 2. The van der Waals surface area contributed by atoms with Gasteiger partial charge >= 0.3 is 0 Å². The molecular formula is C23H23N3O2. The molecule has 0 bridgehead atoms. The molecule has 0 fully saturated rings. The van der Waals surface area contributed by atoms with Crippen molar-refractivity contribution >= 4 is 11.8 Å². The van der Waals surface area contributed by atoms with E-state index in [4.69, 9.17) is 0 Å². The van der Waals surface area contributed by atoms with Gasteiger partial charge in [0.15, 0.2) is 0 Å². The number of hydrogen-bond acceptors (Lipinski definition) is 3. The summed E-state index contributed by atoms with van der Waals surface area (Å²) in [7, 11) is 0. The Morgan fingerprint density at radius 1 is 0.786 bits per heavy atom. The number of amides is 2. The van der Waals surface area contributed by atoms with E-state index in [-0.39, 0.29) is 11.8 Å². The predicted octanol–water partition coefficient (Wildman–Crippen LogP) is 3.37. The van der Waals surface area contributed by atoms with Gasteiger partial charge in [-0.15, -0.1) is 0 Å². The summed E-state index contributed by atoms with van der Waals surface area (Å²) in [6.07, 6.45) is 3.46. The second-order valence-electron chi connectivity index (χ2n) is 6.43. The maximum Gasteiger partial charge on any atom is 0.251 e. The van der Waals surface area contributed by atoms with E-state index in [0.29, 0.717) is 24.2 Å². The van der Waals surface area contributed by atoms with Crippen LogP contribution in [0, 0.1) is 0 Å². The first-order valence-corrected chi connectivity index (χ1v) is 9.32. The summed E-state index contributed by atoms with van der Waals surface area (Å²) in [5, 5.41) is 5.73. The Morgan fingerprint density at radius 2 is 1.50 bits per heavy atom. The van der Waals surface area contributed by atoms with Crippen molar-refractivity contribution in [2.75, 3.05) is 6.54 Å². The first kappa shape index (κ1) is 19.3. The number of hydrogen-bond donors (Lipinski definition) is 2. The zero-order chi connectivity index (χ0) is 19.6. The number of aromatic nitrogens is 1. The first-order valence-electron chi connectivity index (χ1n) is 9.32. The van der Waals surface area contributed by atoms with Crippen LogP contribution in [-0.2, 0) is 13.0 Å². The highest BCUT2D eigenvalue weighted by molar-refractivity contribution is 5.99. The number of nitrogens with one attached hydrogen (secondary N) is 2. The Kier molecular flexibility index (Phi) is 6.90. The van der Waals surface area contributed by atoms with Crippen molar-refractivity contribution in [1.29, 1.82) is 0 Å². The van der Waals surface area contributed by atoms with Crippen LogP contribution < -0.4 is 10.6 Å². The van der Waals surface area contributed by atoms with Crippen LogP contribution in [0.15, 0.2) is 79.0 Å². The Hall–Kier alpha value is -3.47. The minimum absolute atomic E-state index is 0.174. The van der Waals surface area contributed by atoms with Crippen LogP contribution in [0.4, 0.5) is 0 Å². The molecule has 3 aromatic rings. The van der Waals surface area contributed by atoms with Gasteiger partial charge in [0.25, 0.3) is 11.8 Å². The van der Waals surface area contributed by atoms with Crippen molar-refractivity contribution in [2.24, 2.45) is 0 Å². The zero-order valence-electron chi connectivity index (χ0n) is 15.6. The van der Waals surface area contributed by atoms with E-state index in [2.05, 4.69) is 27.8 Å². The van der Waals surface area contributed by atoms with Crippen LogP contribution in [0.5, 0.6) is 0 Å². The maximum absolute atomic E-state index is 12.4. The zero-order valence-corrected chi connectivity index (χ0v) is 15.6. The molecular weight excluding hydrogens is 350 g/mol. The average Bonchev–Trinajstić information content (AvgIpc) is 2.76. The van der Waals surface area contributed by atoms with E-state index in [1.165, 1.54) is 5.56 Å². The number of aryl methyl sites for hydroxylation is 1. The molecule has 0 aliphatic rings. The highest BCUT2D eigenvalue weighted by atomic mass is 16.2. The lowest BCUT2D eigenvalue weighted by Gasteiger charge is -2.08. The van der Waals surface area contributed by atoms with E-state index in [1.807, 2.05) is 36.4 Å². The van der Waals surface area contributed by atoms with Gasteiger partial charge in [0.1, 0.15) is 0 Å². The Balaban J connectivity index is 1.49. The summed E-state index contributed by atoms with van der Waals surface area (Å²) in [4.78, 5) is 28.9. The molecule has 28 heavy (non-hydrogen) atoms. The van der Waals surface area contributed by atoms with E-state index >= 15 is 0 Å². The molecule has 0 aliphatic carbocycles. The molecule has 2 N–H and O–H groups in total. The van der Waals surface area contributed by atoms with Crippen molar-refractivity contribution in [3.05, 3.63) is 101 Å². The molecule has 2 aromatic carbocycles. The lowest BCUT2D eigenvalue weighted by Crippen LogP contribution is -2.26. The summed E-state index contributed by atoms with van der Waals surface area (Å²) in [6.45, 7) is 0.930. The second kappa shape index (κ2) is 10.0. The molecule has 5 nitrogen and oxygen atoms in total. The van der Waals surface area contributed by atoms with Gasteiger partial charge in [-0.25, -0.2) is 0 Å². The molecule has 5 heteroatoms. The third-order valence-electron chi connectivity index (χ3n) is 4.31. The van der Waals surface area contributed by atoms with E-state index in [9.17, 15) is 9.59 Å². The Bertz CT molecular complexity index is 911. The topological polar surface area (TPSA) is 71.1 Å². The van der Waals surface area contributed by atoms with Crippen LogP contribution in [0.25, 0.3) is 0 Å². The number of nitrogens with zero attached hydrogens (tertiary/aromatic N) is 1. The molecule has 0 saturated heterocycles. The smallest absolute Gasteiger partial charge is 0.251 e. The van der Waals surface area contributed by atoms with Gasteiger partial charge < -0.3 is 10.6 Å². The molecule has 0 radical (unpaired) electrons. The summed E-state index contributed by atoms with van der Waals surface area (Å²) in [6, 6.07) is 22.5. The number of rotatable bonds is 8. The highest BCUT2D eigenvalue weighted by Crippen LogP contribution is 2.07. The molecule has 142 valence electrons. The molecule has 1 aromatic heterocycles. The number of carbonyl (C=O) groups excluding carboxylic acids is 2. The largest absolute Gasteiger partial charge is 0.352 e. The SMILES string of the molecule is O=C(NCCCc1ccccc1)c1cccc(C(=O)NCc2ccccn2)c1. The fourth-order valence-corrected chi connectivity index (χ4v) is 2.82. The van der Waals surface area contributed by atoms with Crippen LogP contribution >= 0.6 is 0 Å². The van der Waals surface area contributed by atoms with E-state index in [0.717, 1.165) is 18.5 Å². The molecule has 3 rings (SSSR count). The van der Waals surface area contributed by atoms with Crippen LogP contribution in [0.2, 0.25) is 0 Å². The van der Waals surface area contributed by atoms with Gasteiger partial charge in [0.05, 0.1) is 12.2 Å². The summed E-state index contributed by atoms with van der Waals surface area (Å²) < 4.78 is 0. The van der Waals surface area contributed by atoms with Gasteiger partial charge in [-0.05, 0) is 48.7 Å². The fraction of sp³-hybridized carbons (Fsp3) is 0.174. The van der Waals surface area contributed by atoms with Crippen molar-refractivity contribution in [3.8, 4) is 0 Å². The third-order valence-corrected chi connectivity index (χ3v) is 4.31.